The number of hydrogen-bond donors (Lipinski definition) is 2. The average molecular weight is 505 g/mol. The molecule has 0 bridgehead atoms. The maximum absolute atomic E-state index is 13.5. The van der Waals surface area contributed by atoms with Gasteiger partial charge in [0, 0.05) is 23.8 Å². The second kappa shape index (κ2) is 10.8. The Kier molecular flexibility index (Phi) is 7.56. The monoisotopic (exact) mass is 504 g/mol. The SMILES string of the molecule is CCCn1c(=O)c2ccc(C(=O)NC(C)CC)cc2n2c(=O)n(CC(=O)Nc3ccc(CC)cc3)nc12. The number of rotatable bonds is 9. The van der Waals surface area contributed by atoms with E-state index in [1.807, 2.05) is 52.0 Å². The average Bonchev–Trinajstić information content (AvgIpc) is 3.21. The highest BCUT2D eigenvalue weighted by molar-refractivity contribution is 5.98. The lowest BCUT2D eigenvalue weighted by atomic mass is 10.1. The van der Waals surface area contributed by atoms with Crippen molar-refractivity contribution < 1.29 is 9.59 Å². The molecule has 10 nitrogen and oxygen atoms in total. The number of nitrogens with zero attached hydrogens (tertiary/aromatic N) is 4. The van der Waals surface area contributed by atoms with Gasteiger partial charge in [-0.05, 0) is 62.1 Å². The third-order valence-corrected chi connectivity index (χ3v) is 6.42. The van der Waals surface area contributed by atoms with Crippen molar-refractivity contribution in [3.63, 3.8) is 0 Å². The molecule has 0 aliphatic rings. The standard InChI is InChI=1S/C27H32N6O4/c1-5-14-31-25(36)21-13-10-19(24(35)28-17(4)6-2)15-22(21)33-26(31)30-32(27(33)37)16-23(34)29-20-11-8-18(7-3)9-12-20/h8-13,15,17H,5-7,14,16H2,1-4H3,(H,28,35)(H,29,34). The molecule has 2 amide bonds. The smallest absolute Gasteiger partial charge is 0.350 e. The Morgan fingerprint density at radius 3 is 2.41 bits per heavy atom. The fourth-order valence-corrected chi connectivity index (χ4v) is 4.15. The van der Waals surface area contributed by atoms with Crippen LogP contribution in [0.1, 0.15) is 56.5 Å². The fraction of sp³-hybridized carbons (Fsp3) is 0.370. The van der Waals surface area contributed by atoms with Gasteiger partial charge in [0.1, 0.15) is 6.54 Å². The topological polar surface area (TPSA) is 120 Å². The Hall–Kier alpha value is -4.21. The normalized spacial score (nSPS) is 12.1. The van der Waals surface area contributed by atoms with Crippen molar-refractivity contribution in [2.45, 2.75) is 66.1 Å². The molecule has 1 atom stereocenters. The van der Waals surface area contributed by atoms with E-state index in [0.29, 0.717) is 29.6 Å². The van der Waals surface area contributed by atoms with Crippen LogP contribution in [0.3, 0.4) is 0 Å². The minimum atomic E-state index is -0.569. The van der Waals surface area contributed by atoms with Gasteiger partial charge in [-0.3, -0.25) is 19.0 Å². The molecule has 37 heavy (non-hydrogen) atoms. The van der Waals surface area contributed by atoms with E-state index in [1.54, 1.807) is 12.1 Å². The number of nitrogens with one attached hydrogen (secondary N) is 2. The quantitative estimate of drug-likeness (QED) is 0.363. The second-order valence-corrected chi connectivity index (χ2v) is 9.15. The lowest BCUT2D eigenvalue weighted by molar-refractivity contribution is -0.117. The Labute approximate surface area is 213 Å². The van der Waals surface area contributed by atoms with Crippen molar-refractivity contribution >= 4 is 34.2 Å². The molecule has 4 aromatic rings. The van der Waals surface area contributed by atoms with Crippen LogP contribution in [-0.2, 0) is 24.3 Å². The van der Waals surface area contributed by atoms with Crippen molar-refractivity contribution in [3.05, 3.63) is 74.4 Å². The summed E-state index contributed by atoms with van der Waals surface area (Å²) in [5.41, 5.74) is 1.49. The largest absolute Gasteiger partial charge is 0.352 e. The number of amides is 2. The number of anilines is 1. The van der Waals surface area contributed by atoms with Crippen LogP contribution in [0.5, 0.6) is 0 Å². The molecule has 0 spiro atoms. The van der Waals surface area contributed by atoms with Crippen molar-refractivity contribution in [3.8, 4) is 0 Å². The molecule has 0 aliphatic heterocycles. The molecule has 4 rings (SSSR count). The molecule has 0 saturated carbocycles. The molecule has 0 aliphatic carbocycles. The number of carbonyl (C=O) groups is 2. The summed E-state index contributed by atoms with van der Waals surface area (Å²) >= 11 is 0. The number of carbonyl (C=O) groups excluding carboxylic acids is 2. The van der Waals surface area contributed by atoms with E-state index in [-0.39, 0.29) is 35.3 Å². The van der Waals surface area contributed by atoms with Crippen molar-refractivity contribution in [1.29, 1.82) is 0 Å². The van der Waals surface area contributed by atoms with Gasteiger partial charge >= 0.3 is 5.69 Å². The lowest BCUT2D eigenvalue weighted by Crippen LogP contribution is -2.32. The summed E-state index contributed by atoms with van der Waals surface area (Å²) < 4.78 is 3.78. The van der Waals surface area contributed by atoms with Gasteiger partial charge in [-0.25, -0.2) is 13.9 Å². The van der Waals surface area contributed by atoms with Crippen molar-refractivity contribution in [2.24, 2.45) is 0 Å². The minimum Gasteiger partial charge on any atom is -0.350 e. The van der Waals surface area contributed by atoms with Crippen LogP contribution in [0.2, 0.25) is 0 Å². The summed E-state index contributed by atoms with van der Waals surface area (Å²) in [5, 5.41) is 10.3. The highest BCUT2D eigenvalue weighted by atomic mass is 16.2. The molecular weight excluding hydrogens is 472 g/mol. The molecule has 1 unspecified atom stereocenters. The van der Waals surface area contributed by atoms with Gasteiger partial charge in [0.25, 0.3) is 11.5 Å². The number of aromatic nitrogens is 4. The first-order valence-corrected chi connectivity index (χ1v) is 12.6. The van der Waals surface area contributed by atoms with Crippen molar-refractivity contribution in [2.75, 3.05) is 5.32 Å². The first kappa shape index (κ1) is 25.9. The van der Waals surface area contributed by atoms with Crippen LogP contribution < -0.4 is 21.9 Å². The molecule has 2 heterocycles. The fourth-order valence-electron chi connectivity index (χ4n) is 4.15. The summed E-state index contributed by atoms with van der Waals surface area (Å²) in [7, 11) is 0. The van der Waals surface area contributed by atoms with E-state index in [9.17, 15) is 19.2 Å². The third kappa shape index (κ3) is 5.18. The van der Waals surface area contributed by atoms with Gasteiger partial charge < -0.3 is 10.6 Å². The van der Waals surface area contributed by atoms with Crippen LogP contribution in [0.4, 0.5) is 5.69 Å². The predicted octanol–water partition coefficient (Wildman–Crippen LogP) is 2.95. The summed E-state index contributed by atoms with van der Waals surface area (Å²) in [6.45, 7) is 7.86. The maximum Gasteiger partial charge on any atom is 0.352 e. The van der Waals surface area contributed by atoms with Gasteiger partial charge in [0.05, 0.1) is 10.9 Å². The third-order valence-electron chi connectivity index (χ3n) is 6.42. The highest BCUT2D eigenvalue weighted by Gasteiger charge is 2.20. The number of hydrogen-bond acceptors (Lipinski definition) is 5. The Balaban J connectivity index is 1.78. The molecular formula is C27H32N6O4. The Morgan fingerprint density at radius 2 is 1.76 bits per heavy atom. The highest BCUT2D eigenvalue weighted by Crippen LogP contribution is 2.15. The number of fused-ring (bicyclic) bond motifs is 3. The summed E-state index contributed by atoms with van der Waals surface area (Å²) in [4.78, 5) is 52.2. The summed E-state index contributed by atoms with van der Waals surface area (Å²) in [5.74, 6) is -0.586. The molecule has 2 aromatic heterocycles. The zero-order valence-corrected chi connectivity index (χ0v) is 21.6. The van der Waals surface area contributed by atoms with E-state index in [0.717, 1.165) is 23.1 Å². The molecule has 194 valence electrons. The number of aryl methyl sites for hydroxylation is 2. The molecule has 0 saturated heterocycles. The summed E-state index contributed by atoms with van der Waals surface area (Å²) in [6.07, 6.45) is 2.30. The van der Waals surface area contributed by atoms with Gasteiger partial charge in [0.2, 0.25) is 11.7 Å². The molecule has 10 heteroatoms. The van der Waals surface area contributed by atoms with E-state index in [4.69, 9.17) is 0 Å². The van der Waals surface area contributed by atoms with E-state index >= 15 is 0 Å². The molecule has 2 N–H and O–H groups in total. The van der Waals surface area contributed by atoms with Gasteiger partial charge in [-0.15, -0.1) is 5.10 Å². The minimum absolute atomic E-state index is 0.0251. The van der Waals surface area contributed by atoms with Gasteiger partial charge in [-0.1, -0.05) is 32.9 Å². The zero-order chi connectivity index (χ0) is 26.7. The van der Waals surface area contributed by atoms with Crippen LogP contribution in [-0.4, -0.2) is 36.6 Å². The molecule has 0 fully saturated rings. The maximum atomic E-state index is 13.5. The van der Waals surface area contributed by atoms with E-state index < -0.39 is 11.6 Å². The van der Waals surface area contributed by atoms with Crippen molar-refractivity contribution in [1.82, 2.24) is 24.1 Å². The van der Waals surface area contributed by atoms with E-state index in [2.05, 4.69) is 15.7 Å². The second-order valence-electron chi connectivity index (χ2n) is 9.15. The zero-order valence-electron chi connectivity index (χ0n) is 21.6. The molecule has 0 radical (unpaired) electrons. The van der Waals surface area contributed by atoms with Crippen LogP contribution in [0.25, 0.3) is 16.7 Å². The van der Waals surface area contributed by atoms with Gasteiger partial charge in [-0.2, -0.15) is 0 Å². The first-order chi connectivity index (χ1) is 17.8. The Bertz CT molecular complexity index is 1580. The van der Waals surface area contributed by atoms with Crippen LogP contribution in [0, 0.1) is 0 Å². The Morgan fingerprint density at radius 1 is 1.03 bits per heavy atom. The number of benzene rings is 2. The van der Waals surface area contributed by atoms with Gasteiger partial charge in [0.15, 0.2) is 0 Å². The van der Waals surface area contributed by atoms with Crippen LogP contribution in [0.15, 0.2) is 52.1 Å². The van der Waals surface area contributed by atoms with E-state index in [1.165, 1.54) is 15.0 Å². The lowest BCUT2D eigenvalue weighted by Gasteiger charge is -2.13. The van der Waals surface area contributed by atoms with Crippen LogP contribution >= 0.6 is 0 Å². The first-order valence-electron chi connectivity index (χ1n) is 12.6. The predicted molar refractivity (Wildman–Crippen MR) is 143 cm³/mol. The summed E-state index contributed by atoms with van der Waals surface area (Å²) in [6, 6.07) is 12.1. The molecule has 2 aromatic carbocycles.